The fourth-order valence-electron chi connectivity index (χ4n) is 3.89. The van der Waals surface area contributed by atoms with Crippen molar-refractivity contribution in [1.82, 2.24) is 14.7 Å². The normalized spacial score (nSPS) is 15.8. The molecule has 1 heterocycles. The van der Waals surface area contributed by atoms with Crippen LogP contribution in [0.25, 0.3) is 10.8 Å². The van der Waals surface area contributed by atoms with E-state index >= 15 is 0 Å². The summed E-state index contributed by atoms with van der Waals surface area (Å²) >= 11 is 0. The fourth-order valence-corrected chi connectivity index (χ4v) is 3.89. The van der Waals surface area contributed by atoms with Gasteiger partial charge in [0.1, 0.15) is 0 Å². The summed E-state index contributed by atoms with van der Waals surface area (Å²) in [5.41, 5.74) is 3.06. The van der Waals surface area contributed by atoms with Crippen LogP contribution in [0.2, 0.25) is 0 Å². The first-order valence-corrected chi connectivity index (χ1v) is 8.84. The summed E-state index contributed by atoms with van der Waals surface area (Å²) in [6, 6.07) is 15.8. The van der Waals surface area contributed by atoms with E-state index in [0.717, 1.165) is 18.2 Å². The van der Waals surface area contributed by atoms with E-state index in [2.05, 4.69) is 17.2 Å². The van der Waals surface area contributed by atoms with Gasteiger partial charge in [-0.25, -0.2) is 4.68 Å². The maximum Gasteiger partial charge on any atom is 0.274 e. The summed E-state index contributed by atoms with van der Waals surface area (Å²) in [4.78, 5) is 27.0. The molecule has 1 aliphatic rings. The maximum absolute atomic E-state index is 12.9. The van der Waals surface area contributed by atoms with Crippen LogP contribution in [-0.4, -0.2) is 27.6 Å². The Bertz CT molecular complexity index is 1050. The number of aromatic nitrogens is 2. The zero-order chi connectivity index (χ0) is 18.3. The summed E-state index contributed by atoms with van der Waals surface area (Å²) in [6.45, 7) is 0. The number of rotatable bonds is 3. The second kappa shape index (κ2) is 6.41. The van der Waals surface area contributed by atoms with Gasteiger partial charge >= 0.3 is 0 Å². The van der Waals surface area contributed by atoms with Gasteiger partial charge in [0.25, 0.3) is 5.56 Å². The number of amides is 1. The number of hydrogen-bond donors (Lipinski definition) is 0. The Balaban J connectivity index is 1.64. The number of likely N-dealkylation sites (N-methyl/N-ethyl adjacent to an activating group) is 1. The molecule has 1 unspecified atom stereocenters. The van der Waals surface area contributed by atoms with E-state index < -0.39 is 0 Å². The molecule has 0 saturated heterocycles. The molecular formula is C21H21N3O2. The van der Waals surface area contributed by atoms with Crippen LogP contribution < -0.4 is 5.56 Å². The Morgan fingerprint density at radius 1 is 1.15 bits per heavy atom. The molecule has 0 fully saturated rings. The molecule has 2 aromatic carbocycles. The van der Waals surface area contributed by atoms with E-state index in [1.54, 1.807) is 13.1 Å². The van der Waals surface area contributed by atoms with Crippen LogP contribution in [0, 0.1) is 0 Å². The zero-order valence-electron chi connectivity index (χ0n) is 15.0. The molecule has 132 valence electrons. The van der Waals surface area contributed by atoms with Crippen LogP contribution in [0.4, 0.5) is 0 Å². The summed E-state index contributed by atoms with van der Waals surface area (Å²) in [5.74, 6) is 0.0167. The van der Waals surface area contributed by atoms with Gasteiger partial charge in [-0.15, -0.1) is 0 Å². The second-order valence-electron chi connectivity index (χ2n) is 6.86. The molecule has 0 radical (unpaired) electrons. The van der Waals surface area contributed by atoms with Crippen LogP contribution in [-0.2, 0) is 24.7 Å². The highest BCUT2D eigenvalue weighted by Gasteiger charge is 2.28. The molecule has 4 rings (SSSR count). The van der Waals surface area contributed by atoms with Crippen molar-refractivity contribution in [3.8, 4) is 0 Å². The van der Waals surface area contributed by atoms with Crippen molar-refractivity contribution < 1.29 is 4.79 Å². The van der Waals surface area contributed by atoms with Crippen molar-refractivity contribution in [2.24, 2.45) is 7.05 Å². The first-order chi connectivity index (χ1) is 12.6. The smallest absolute Gasteiger partial charge is 0.274 e. The SMILES string of the molecule is CN(C(=O)Cc1nn(C)c(=O)c2ccccc12)C1CCc2ccccc21. The van der Waals surface area contributed by atoms with Crippen molar-refractivity contribution in [3.63, 3.8) is 0 Å². The molecule has 5 nitrogen and oxygen atoms in total. The van der Waals surface area contributed by atoms with Crippen LogP contribution in [0.3, 0.4) is 0 Å². The van der Waals surface area contributed by atoms with Gasteiger partial charge in [0.05, 0.1) is 23.5 Å². The van der Waals surface area contributed by atoms with Crippen LogP contribution in [0.1, 0.15) is 29.3 Å². The molecule has 0 saturated carbocycles. The highest BCUT2D eigenvalue weighted by molar-refractivity contribution is 5.88. The Morgan fingerprint density at radius 2 is 1.85 bits per heavy atom. The minimum Gasteiger partial charge on any atom is -0.338 e. The maximum atomic E-state index is 12.9. The molecule has 26 heavy (non-hydrogen) atoms. The van der Waals surface area contributed by atoms with Crippen molar-refractivity contribution >= 4 is 16.7 Å². The van der Waals surface area contributed by atoms with Gasteiger partial charge < -0.3 is 4.90 Å². The van der Waals surface area contributed by atoms with Crippen LogP contribution in [0.15, 0.2) is 53.3 Å². The Hall–Kier alpha value is -2.95. The third-order valence-electron chi connectivity index (χ3n) is 5.31. The number of carbonyl (C=O) groups excluding carboxylic acids is 1. The highest BCUT2D eigenvalue weighted by Crippen LogP contribution is 2.35. The van der Waals surface area contributed by atoms with Crippen LogP contribution >= 0.6 is 0 Å². The van der Waals surface area contributed by atoms with Crippen molar-refractivity contribution in [3.05, 3.63) is 75.7 Å². The van der Waals surface area contributed by atoms with Gasteiger partial charge in [0, 0.05) is 19.5 Å². The topological polar surface area (TPSA) is 55.2 Å². The third-order valence-corrected chi connectivity index (χ3v) is 5.31. The number of aryl methyl sites for hydroxylation is 2. The molecule has 0 aliphatic heterocycles. The lowest BCUT2D eigenvalue weighted by atomic mass is 10.1. The standard InChI is InChI=1S/C21H21N3O2/c1-23(19-12-11-14-7-3-4-8-15(14)19)20(25)13-18-16-9-5-6-10-17(16)21(26)24(2)22-18/h3-10,19H,11-13H2,1-2H3. The number of carbonyl (C=O) groups is 1. The van der Waals surface area contributed by atoms with Crippen molar-refractivity contribution in [2.45, 2.75) is 25.3 Å². The zero-order valence-corrected chi connectivity index (χ0v) is 15.0. The van der Waals surface area contributed by atoms with Gasteiger partial charge in [-0.1, -0.05) is 42.5 Å². The predicted molar refractivity (Wildman–Crippen MR) is 101 cm³/mol. The molecule has 1 aliphatic carbocycles. The lowest BCUT2D eigenvalue weighted by molar-refractivity contribution is -0.131. The minimum atomic E-state index is -0.144. The molecule has 0 spiro atoms. The van der Waals surface area contributed by atoms with E-state index in [4.69, 9.17) is 0 Å². The summed E-state index contributed by atoms with van der Waals surface area (Å²) in [6.07, 6.45) is 2.13. The molecule has 1 atom stereocenters. The van der Waals surface area contributed by atoms with E-state index in [1.165, 1.54) is 15.8 Å². The van der Waals surface area contributed by atoms with Crippen molar-refractivity contribution in [2.75, 3.05) is 7.05 Å². The molecule has 0 N–H and O–H groups in total. The van der Waals surface area contributed by atoms with E-state index in [0.29, 0.717) is 11.1 Å². The van der Waals surface area contributed by atoms with E-state index in [9.17, 15) is 9.59 Å². The van der Waals surface area contributed by atoms with E-state index in [1.807, 2.05) is 42.3 Å². The molecule has 3 aromatic rings. The van der Waals surface area contributed by atoms with Gasteiger partial charge in [0.2, 0.25) is 5.91 Å². The summed E-state index contributed by atoms with van der Waals surface area (Å²) < 4.78 is 1.32. The number of nitrogens with zero attached hydrogens (tertiary/aromatic N) is 3. The Labute approximate surface area is 151 Å². The van der Waals surface area contributed by atoms with Crippen LogP contribution in [0.5, 0.6) is 0 Å². The minimum absolute atomic E-state index is 0.0167. The summed E-state index contributed by atoms with van der Waals surface area (Å²) in [7, 11) is 3.49. The predicted octanol–water partition coefficient (Wildman–Crippen LogP) is 2.62. The second-order valence-corrected chi connectivity index (χ2v) is 6.86. The summed E-state index contributed by atoms with van der Waals surface area (Å²) in [5, 5.41) is 5.70. The molecule has 1 amide bonds. The number of fused-ring (bicyclic) bond motifs is 2. The first-order valence-electron chi connectivity index (χ1n) is 8.84. The lowest BCUT2D eigenvalue weighted by Crippen LogP contribution is -2.32. The Kier molecular flexibility index (Phi) is 4.07. The number of hydrogen-bond acceptors (Lipinski definition) is 3. The lowest BCUT2D eigenvalue weighted by Gasteiger charge is -2.25. The quantitative estimate of drug-likeness (QED) is 0.732. The van der Waals surface area contributed by atoms with Gasteiger partial charge in [-0.05, 0) is 30.0 Å². The molecule has 0 bridgehead atoms. The van der Waals surface area contributed by atoms with Gasteiger partial charge in [-0.2, -0.15) is 5.10 Å². The number of benzene rings is 2. The van der Waals surface area contributed by atoms with Gasteiger partial charge in [0.15, 0.2) is 0 Å². The van der Waals surface area contributed by atoms with E-state index in [-0.39, 0.29) is 23.9 Å². The largest absolute Gasteiger partial charge is 0.338 e. The third kappa shape index (κ3) is 2.69. The fraction of sp³-hybridized carbons (Fsp3) is 0.286. The Morgan fingerprint density at radius 3 is 2.65 bits per heavy atom. The van der Waals surface area contributed by atoms with Crippen molar-refractivity contribution in [1.29, 1.82) is 0 Å². The molecular weight excluding hydrogens is 326 g/mol. The monoisotopic (exact) mass is 347 g/mol. The molecule has 5 heteroatoms. The molecule has 1 aromatic heterocycles. The average Bonchev–Trinajstić information content (AvgIpc) is 3.09. The van der Waals surface area contributed by atoms with Gasteiger partial charge in [-0.3, -0.25) is 9.59 Å². The highest BCUT2D eigenvalue weighted by atomic mass is 16.2. The first kappa shape index (κ1) is 16.5. The average molecular weight is 347 g/mol.